The van der Waals surface area contributed by atoms with Gasteiger partial charge in [-0.2, -0.15) is 0 Å². The van der Waals surface area contributed by atoms with Gasteiger partial charge in [0.2, 0.25) is 0 Å². The largest absolute Gasteiger partial charge is 0.391 e. The minimum absolute atomic E-state index is 0.156. The molecule has 0 radical (unpaired) electrons. The highest BCUT2D eigenvalue weighted by atomic mass is 16.3. The van der Waals surface area contributed by atoms with E-state index >= 15 is 0 Å². The summed E-state index contributed by atoms with van der Waals surface area (Å²) in [5, 5.41) is 15.2. The molecule has 0 aliphatic carbocycles. The van der Waals surface area contributed by atoms with Gasteiger partial charge in [0.15, 0.2) is 0 Å². The van der Waals surface area contributed by atoms with Gasteiger partial charge in [0, 0.05) is 13.1 Å². The van der Waals surface area contributed by atoms with Crippen LogP contribution in [-0.4, -0.2) is 54.9 Å². The molecule has 1 aliphatic heterocycles. The van der Waals surface area contributed by atoms with Gasteiger partial charge in [-0.3, -0.25) is 0 Å². The molecule has 0 bridgehead atoms. The Morgan fingerprint density at radius 3 is 2.55 bits per heavy atom. The fraction of sp³-hybridized carbons (Fsp3) is 0.933. The van der Waals surface area contributed by atoms with Crippen molar-refractivity contribution in [3.63, 3.8) is 0 Å². The van der Waals surface area contributed by atoms with Crippen molar-refractivity contribution in [1.82, 2.24) is 15.5 Å². The van der Waals surface area contributed by atoms with Crippen molar-refractivity contribution in [2.24, 2.45) is 5.92 Å². The number of amides is 2. The predicted molar refractivity (Wildman–Crippen MR) is 81.8 cm³/mol. The Morgan fingerprint density at radius 1 is 1.25 bits per heavy atom. The highest BCUT2D eigenvalue weighted by Gasteiger charge is 2.18. The van der Waals surface area contributed by atoms with Crippen molar-refractivity contribution in [1.29, 1.82) is 0 Å². The van der Waals surface area contributed by atoms with Crippen molar-refractivity contribution in [3.05, 3.63) is 0 Å². The average Bonchev–Trinajstić information content (AvgIpc) is 2.45. The number of aliphatic hydroxyl groups excluding tert-OH is 1. The van der Waals surface area contributed by atoms with Gasteiger partial charge in [-0.05, 0) is 51.2 Å². The average molecular weight is 285 g/mol. The van der Waals surface area contributed by atoms with Crippen LogP contribution in [0.3, 0.4) is 0 Å². The maximum absolute atomic E-state index is 11.6. The molecule has 3 N–H and O–H groups in total. The molecule has 1 atom stereocenters. The molecule has 1 rings (SSSR count). The minimum atomic E-state index is -0.428. The third-order valence-corrected chi connectivity index (χ3v) is 3.92. The summed E-state index contributed by atoms with van der Waals surface area (Å²) in [7, 11) is 0. The number of piperidine rings is 1. The molecule has 0 spiro atoms. The van der Waals surface area contributed by atoms with E-state index in [2.05, 4.69) is 22.5 Å². The first-order chi connectivity index (χ1) is 9.65. The summed E-state index contributed by atoms with van der Waals surface area (Å²) in [6.45, 7) is 8.81. The summed E-state index contributed by atoms with van der Waals surface area (Å²) in [6, 6.07) is -0.156. The van der Waals surface area contributed by atoms with Gasteiger partial charge < -0.3 is 20.6 Å². The molecule has 5 nitrogen and oxygen atoms in total. The maximum Gasteiger partial charge on any atom is 0.314 e. The quantitative estimate of drug-likeness (QED) is 0.634. The van der Waals surface area contributed by atoms with Crippen LogP contribution in [0.25, 0.3) is 0 Å². The predicted octanol–water partition coefficient (Wildman–Crippen LogP) is 1.57. The zero-order valence-corrected chi connectivity index (χ0v) is 13.0. The monoisotopic (exact) mass is 285 g/mol. The third-order valence-electron chi connectivity index (χ3n) is 3.92. The lowest BCUT2D eigenvalue weighted by Crippen LogP contribution is -2.43. The summed E-state index contributed by atoms with van der Waals surface area (Å²) in [4.78, 5) is 14.1. The molecule has 1 heterocycles. The van der Waals surface area contributed by atoms with Crippen molar-refractivity contribution >= 4 is 6.03 Å². The van der Waals surface area contributed by atoms with Gasteiger partial charge in [-0.1, -0.05) is 20.3 Å². The smallest absolute Gasteiger partial charge is 0.314 e. The first-order valence-corrected chi connectivity index (χ1v) is 8.07. The fourth-order valence-corrected chi connectivity index (χ4v) is 2.68. The van der Waals surface area contributed by atoms with E-state index in [9.17, 15) is 9.90 Å². The second-order valence-corrected chi connectivity index (χ2v) is 5.82. The Balaban J connectivity index is 2.07. The Morgan fingerprint density at radius 2 is 1.95 bits per heavy atom. The van der Waals surface area contributed by atoms with Crippen LogP contribution in [0.1, 0.15) is 46.0 Å². The van der Waals surface area contributed by atoms with Gasteiger partial charge >= 0.3 is 6.03 Å². The van der Waals surface area contributed by atoms with Crippen LogP contribution < -0.4 is 10.6 Å². The van der Waals surface area contributed by atoms with Crippen LogP contribution in [0.2, 0.25) is 0 Å². The Bertz CT molecular complexity index is 266. The van der Waals surface area contributed by atoms with E-state index in [4.69, 9.17) is 0 Å². The van der Waals surface area contributed by atoms with Gasteiger partial charge in [0.25, 0.3) is 0 Å². The maximum atomic E-state index is 11.6. The molecule has 0 aromatic heterocycles. The number of aliphatic hydroxyl groups is 1. The molecule has 2 amide bonds. The van der Waals surface area contributed by atoms with Gasteiger partial charge in [-0.15, -0.1) is 0 Å². The number of urea groups is 1. The molecular formula is C15H31N3O2. The van der Waals surface area contributed by atoms with Crippen LogP contribution in [0, 0.1) is 5.92 Å². The number of carbonyl (C=O) groups is 1. The van der Waals surface area contributed by atoms with E-state index in [1.165, 1.54) is 25.8 Å². The van der Waals surface area contributed by atoms with E-state index in [0.29, 0.717) is 12.5 Å². The molecule has 0 aromatic carbocycles. The number of nitrogens with zero attached hydrogens (tertiary/aromatic N) is 1. The molecule has 1 unspecified atom stereocenters. The van der Waals surface area contributed by atoms with Crippen LogP contribution in [-0.2, 0) is 0 Å². The lowest BCUT2D eigenvalue weighted by atomic mass is 9.97. The lowest BCUT2D eigenvalue weighted by molar-refractivity contribution is 0.158. The van der Waals surface area contributed by atoms with E-state index < -0.39 is 6.10 Å². The molecule has 1 fully saturated rings. The second kappa shape index (κ2) is 10.00. The van der Waals surface area contributed by atoms with E-state index in [1.54, 1.807) is 0 Å². The summed E-state index contributed by atoms with van der Waals surface area (Å²) in [5.41, 5.74) is 0. The molecular weight excluding hydrogens is 254 g/mol. The molecule has 1 aliphatic rings. The molecule has 1 saturated heterocycles. The van der Waals surface area contributed by atoms with Crippen molar-refractivity contribution in [3.8, 4) is 0 Å². The van der Waals surface area contributed by atoms with Gasteiger partial charge in [0.1, 0.15) is 0 Å². The molecule has 118 valence electrons. The number of hydrogen-bond donors (Lipinski definition) is 3. The Kier molecular flexibility index (Phi) is 8.62. The standard InChI is InChI=1S/C15H31N3O2/c1-3-5-14(19)12-17-15(20)16-11-13-6-9-18(8-4-2)10-7-13/h13-14,19H,3-12H2,1-2H3,(H2,16,17,20). The van der Waals surface area contributed by atoms with E-state index in [1.807, 2.05) is 6.92 Å². The minimum Gasteiger partial charge on any atom is -0.391 e. The number of hydrogen-bond acceptors (Lipinski definition) is 3. The Hall–Kier alpha value is -0.810. The fourth-order valence-electron chi connectivity index (χ4n) is 2.68. The van der Waals surface area contributed by atoms with Crippen LogP contribution in [0.15, 0.2) is 0 Å². The van der Waals surface area contributed by atoms with Crippen LogP contribution in [0.5, 0.6) is 0 Å². The van der Waals surface area contributed by atoms with Gasteiger partial charge in [0.05, 0.1) is 6.10 Å². The molecule has 20 heavy (non-hydrogen) atoms. The lowest BCUT2D eigenvalue weighted by Gasteiger charge is -2.31. The number of rotatable bonds is 8. The molecule has 0 saturated carbocycles. The third kappa shape index (κ3) is 7.10. The first-order valence-electron chi connectivity index (χ1n) is 8.07. The van der Waals surface area contributed by atoms with Crippen molar-refractivity contribution in [2.75, 3.05) is 32.7 Å². The summed E-state index contributed by atoms with van der Waals surface area (Å²) in [6.07, 6.45) is 4.78. The zero-order valence-electron chi connectivity index (χ0n) is 13.0. The van der Waals surface area contributed by atoms with E-state index in [0.717, 1.165) is 32.5 Å². The number of carbonyl (C=O) groups excluding carboxylic acids is 1. The Labute approximate surface area is 123 Å². The SMILES string of the molecule is CCCC(O)CNC(=O)NCC1CCN(CCC)CC1. The van der Waals surface area contributed by atoms with Crippen molar-refractivity contribution < 1.29 is 9.90 Å². The summed E-state index contributed by atoms with van der Waals surface area (Å²) < 4.78 is 0. The highest BCUT2D eigenvalue weighted by molar-refractivity contribution is 5.73. The first kappa shape index (κ1) is 17.2. The number of likely N-dealkylation sites (tertiary alicyclic amines) is 1. The normalized spacial score (nSPS) is 18.8. The summed E-state index contributed by atoms with van der Waals surface area (Å²) >= 11 is 0. The molecule has 0 aromatic rings. The van der Waals surface area contributed by atoms with Crippen LogP contribution in [0.4, 0.5) is 4.79 Å². The topological polar surface area (TPSA) is 64.6 Å². The van der Waals surface area contributed by atoms with Crippen LogP contribution >= 0.6 is 0 Å². The van der Waals surface area contributed by atoms with Gasteiger partial charge in [-0.25, -0.2) is 4.79 Å². The second-order valence-electron chi connectivity index (χ2n) is 5.82. The van der Waals surface area contributed by atoms with Crippen molar-refractivity contribution in [2.45, 2.75) is 52.1 Å². The number of nitrogens with one attached hydrogen (secondary N) is 2. The highest BCUT2D eigenvalue weighted by Crippen LogP contribution is 2.16. The van der Waals surface area contributed by atoms with E-state index in [-0.39, 0.29) is 6.03 Å². The summed E-state index contributed by atoms with van der Waals surface area (Å²) in [5.74, 6) is 0.592. The molecule has 5 heteroatoms. The zero-order chi connectivity index (χ0) is 14.8.